The van der Waals surface area contributed by atoms with Crippen LogP contribution in [0.1, 0.15) is 60.7 Å². The minimum Gasteiger partial charge on any atom is -0.324 e. The first kappa shape index (κ1) is 26.3. The molecule has 2 amide bonds. The molecule has 7 nitrogen and oxygen atoms in total. The van der Waals surface area contributed by atoms with Crippen molar-refractivity contribution < 1.29 is 4.79 Å². The van der Waals surface area contributed by atoms with Gasteiger partial charge in [0.05, 0.1) is 21.6 Å². The number of amides is 2. The molecule has 1 fully saturated rings. The lowest BCUT2D eigenvalue weighted by atomic mass is 9.98. The second-order valence-electron chi connectivity index (χ2n) is 10.5. The van der Waals surface area contributed by atoms with Gasteiger partial charge in [0.25, 0.3) is 0 Å². The zero-order valence-electron chi connectivity index (χ0n) is 22.6. The third-order valence-corrected chi connectivity index (χ3v) is 8.30. The first-order valence-corrected chi connectivity index (χ1v) is 14.2. The molecule has 1 N–H and O–H groups in total. The molecule has 0 saturated carbocycles. The molecular formula is C30H36N6OS. The molecule has 8 heteroatoms. The van der Waals surface area contributed by atoms with Crippen LogP contribution in [0, 0.1) is 13.8 Å². The average molecular weight is 529 g/mol. The van der Waals surface area contributed by atoms with Crippen molar-refractivity contribution in [3.8, 4) is 0 Å². The number of hydrogen-bond acceptors (Lipinski definition) is 6. The number of aromatic nitrogens is 3. The summed E-state index contributed by atoms with van der Waals surface area (Å²) >= 11 is 1.51. The number of likely N-dealkylation sites (tertiary alicyclic amines) is 1. The zero-order chi connectivity index (χ0) is 26.6. The van der Waals surface area contributed by atoms with Gasteiger partial charge in [0.1, 0.15) is 0 Å². The normalized spacial score (nSPS) is 14.5. The number of pyridine rings is 2. The highest BCUT2D eigenvalue weighted by atomic mass is 32.1. The summed E-state index contributed by atoms with van der Waals surface area (Å²) in [6, 6.07) is 14.6. The number of nitrogens with one attached hydrogen (secondary N) is 1. The van der Waals surface area contributed by atoms with Crippen molar-refractivity contribution in [1.82, 2.24) is 24.8 Å². The highest BCUT2D eigenvalue weighted by Gasteiger charge is 2.29. The number of hydrogen-bond donors (Lipinski definition) is 1. The topological polar surface area (TPSA) is 74.2 Å². The quantitative estimate of drug-likeness (QED) is 0.295. The average Bonchev–Trinajstić information content (AvgIpc) is 3.32. The van der Waals surface area contributed by atoms with E-state index in [2.05, 4.69) is 55.0 Å². The molecule has 198 valence electrons. The smallest absolute Gasteiger partial charge is 0.323 e. The fraction of sp³-hybridized carbons (Fsp3) is 0.400. The number of benzene rings is 1. The lowest BCUT2D eigenvalue weighted by Crippen LogP contribution is -2.47. The standard InChI is InChI=1S/C30H36N6OS/c1-20(2)24-8-7-13-31-27(24)19-36(18-26-22(4)16-21(3)17-32-26)23-11-14-35(15-12-23)30(37)34-29-33-25-9-5-6-10-28(25)38-29/h5-10,13,16-17,20,23H,11-12,14-15,18-19H2,1-4H3,(H,33,34,37). The molecule has 0 atom stereocenters. The Morgan fingerprint density at radius 3 is 2.58 bits per heavy atom. The van der Waals surface area contributed by atoms with Gasteiger partial charge in [-0.05, 0) is 67.5 Å². The van der Waals surface area contributed by atoms with Crippen molar-refractivity contribution in [2.24, 2.45) is 0 Å². The van der Waals surface area contributed by atoms with Crippen molar-refractivity contribution in [2.45, 2.75) is 65.6 Å². The van der Waals surface area contributed by atoms with Gasteiger partial charge in [-0.15, -0.1) is 0 Å². The van der Waals surface area contributed by atoms with Crippen LogP contribution in [0.3, 0.4) is 0 Å². The Kier molecular flexibility index (Phi) is 8.00. The van der Waals surface area contributed by atoms with Crippen LogP contribution in [0.2, 0.25) is 0 Å². The van der Waals surface area contributed by atoms with Gasteiger partial charge in [0.2, 0.25) is 0 Å². The Morgan fingerprint density at radius 2 is 1.84 bits per heavy atom. The molecule has 0 bridgehead atoms. The molecule has 0 unspecified atom stereocenters. The van der Waals surface area contributed by atoms with Gasteiger partial charge >= 0.3 is 6.03 Å². The Labute approximate surface area is 228 Å². The molecule has 0 aliphatic carbocycles. The van der Waals surface area contributed by atoms with Crippen molar-refractivity contribution in [3.05, 3.63) is 82.9 Å². The van der Waals surface area contributed by atoms with E-state index in [1.165, 1.54) is 28.0 Å². The molecule has 4 aromatic rings. The maximum absolute atomic E-state index is 13.0. The second-order valence-corrected chi connectivity index (χ2v) is 11.5. The molecular weight excluding hydrogens is 492 g/mol. The number of piperidine rings is 1. The Hall–Kier alpha value is -3.36. The van der Waals surface area contributed by atoms with Crippen LogP contribution >= 0.6 is 11.3 Å². The molecule has 1 aliphatic rings. The van der Waals surface area contributed by atoms with Gasteiger partial charge in [-0.2, -0.15) is 0 Å². The molecule has 38 heavy (non-hydrogen) atoms. The fourth-order valence-corrected chi connectivity index (χ4v) is 6.10. The minimum absolute atomic E-state index is 0.0723. The van der Waals surface area contributed by atoms with Crippen LogP contribution in [0.25, 0.3) is 10.2 Å². The largest absolute Gasteiger partial charge is 0.324 e. The van der Waals surface area contributed by atoms with Gasteiger partial charge < -0.3 is 4.90 Å². The molecule has 0 radical (unpaired) electrons. The highest BCUT2D eigenvalue weighted by Crippen LogP contribution is 2.28. The fourth-order valence-electron chi connectivity index (χ4n) is 5.25. The third-order valence-electron chi connectivity index (χ3n) is 7.35. The number of aryl methyl sites for hydroxylation is 2. The summed E-state index contributed by atoms with van der Waals surface area (Å²) in [4.78, 5) is 31.6. The monoisotopic (exact) mass is 528 g/mol. The van der Waals surface area contributed by atoms with Crippen molar-refractivity contribution >= 4 is 32.7 Å². The highest BCUT2D eigenvalue weighted by molar-refractivity contribution is 7.22. The molecule has 0 spiro atoms. The van der Waals surface area contributed by atoms with Crippen LogP contribution in [0.4, 0.5) is 9.93 Å². The minimum atomic E-state index is -0.0723. The predicted octanol–water partition coefficient (Wildman–Crippen LogP) is 6.53. The predicted molar refractivity (Wildman–Crippen MR) is 155 cm³/mol. The van der Waals surface area contributed by atoms with E-state index in [0.717, 1.165) is 47.5 Å². The maximum atomic E-state index is 13.0. The lowest BCUT2D eigenvalue weighted by molar-refractivity contribution is 0.107. The van der Waals surface area contributed by atoms with E-state index in [0.29, 0.717) is 30.2 Å². The Morgan fingerprint density at radius 1 is 1.08 bits per heavy atom. The number of carbonyl (C=O) groups is 1. The first-order chi connectivity index (χ1) is 18.4. The molecule has 4 heterocycles. The van der Waals surface area contributed by atoms with Crippen LogP contribution in [0.5, 0.6) is 0 Å². The molecule has 3 aromatic heterocycles. The van der Waals surface area contributed by atoms with Gasteiger partial charge in [0, 0.05) is 44.6 Å². The van der Waals surface area contributed by atoms with Gasteiger partial charge in [0.15, 0.2) is 5.13 Å². The Balaban J connectivity index is 1.29. The second kappa shape index (κ2) is 11.6. The van der Waals surface area contributed by atoms with Gasteiger partial charge in [-0.25, -0.2) is 9.78 Å². The van der Waals surface area contributed by atoms with Crippen LogP contribution < -0.4 is 5.32 Å². The number of thiazole rings is 1. The first-order valence-electron chi connectivity index (χ1n) is 13.4. The summed E-state index contributed by atoms with van der Waals surface area (Å²) < 4.78 is 1.08. The van der Waals surface area contributed by atoms with Crippen molar-refractivity contribution in [3.63, 3.8) is 0 Å². The summed E-state index contributed by atoms with van der Waals surface area (Å²) in [5.74, 6) is 0.410. The summed E-state index contributed by atoms with van der Waals surface area (Å²) in [6.45, 7) is 11.6. The van der Waals surface area contributed by atoms with Crippen molar-refractivity contribution in [2.75, 3.05) is 18.4 Å². The Bertz CT molecular complexity index is 1380. The summed E-state index contributed by atoms with van der Waals surface area (Å²) in [5.41, 5.74) is 6.83. The summed E-state index contributed by atoms with van der Waals surface area (Å²) in [6.07, 6.45) is 5.66. The number of urea groups is 1. The number of carbonyl (C=O) groups excluding carboxylic acids is 1. The van der Waals surface area contributed by atoms with E-state index in [4.69, 9.17) is 9.97 Å². The van der Waals surface area contributed by atoms with E-state index in [1.54, 1.807) is 0 Å². The third kappa shape index (κ3) is 6.03. The van der Waals surface area contributed by atoms with Gasteiger partial charge in [-0.1, -0.05) is 49.4 Å². The van der Waals surface area contributed by atoms with Crippen LogP contribution in [0.15, 0.2) is 54.9 Å². The van der Waals surface area contributed by atoms with Crippen LogP contribution in [-0.2, 0) is 13.1 Å². The van der Waals surface area contributed by atoms with E-state index < -0.39 is 0 Å². The molecule has 1 aromatic carbocycles. The lowest BCUT2D eigenvalue weighted by Gasteiger charge is -2.38. The summed E-state index contributed by atoms with van der Waals surface area (Å²) in [5, 5.41) is 3.67. The molecule has 5 rings (SSSR count). The van der Waals surface area contributed by atoms with E-state index in [-0.39, 0.29) is 6.03 Å². The van der Waals surface area contributed by atoms with E-state index >= 15 is 0 Å². The number of rotatable bonds is 7. The zero-order valence-corrected chi connectivity index (χ0v) is 23.5. The van der Waals surface area contributed by atoms with Crippen LogP contribution in [-0.4, -0.2) is 49.9 Å². The van der Waals surface area contributed by atoms with E-state index in [1.807, 2.05) is 47.6 Å². The number of fused-ring (bicyclic) bond motifs is 1. The van der Waals surface area contributed by atoms with Crippen molar-refractivity contribution in [1.29, 1.82) is 0 Å². The maximum Gasteiger partial charge on any atom is 0.323 e. The number of nitrogens with zero attached hydrogens (tertiary/aromatic N) is 5. The van der Waals surface area contributed by atoms with Gasteiger partial charge in [-0.3, -0.25) is 20.2 Å². The van der Waals surface area contributed by atoms with E-state index in [9.17, 15) is 4.79 Å². The number of para-hydroxylation sites is 1. The summed E-state index contributed by atoms with van der Waals surface area (Å²) in [7, 11) is 0. The SMILES string of the molecule is Cc1cnc(CN(Cc2ncccc2C(C)C)C2CCN(C(=O)Nc3nc4ccccc4s3)CC2)c(C)c1. The molecule has 1 aliphatic heterocycles. The molecule has 1 saturated heterocycles. The number of anilines is 1.